The van der Waals surface area contributed by atoms with Crippen molar-refractivity contribution in [1.82, 2.24) is 4.90 Å². The van der Waals surface area contributed by atoms with Gasteiger partial charge in [-0.3, -0.25) is 4.79 Å². The lowest BCUT2D eigenvalue weighted by atomic mass is 10.1. The Morgan fingerprint density at radius 2 is 1.83 bits per heavy atom. The molecule has 2 aromatic carbocycles. The molecular formula is C20H25NO3. The van der Waals surface area contributed by atoms with E-state index in [4.69, 9.17) is 9.47 Å². The van der Waals surface area contributed by atoms with Crippen LogP contribution < -0.4 is 9.47 Å². The van der Waals surface area contributed by atoms with E-state index in [2.05, 4.69) is 0 Å². The smallest absolute Gasteiger partial charge is 0.253 e. The largest absolute Gasteiger partial charge is 0.494 e. The number of carbonyl (C=O) groups excluding carboxylic acids is 1. The van der Waals surface area contributed by atoms with Gasteiger partial charge in [-0.25, -0.2) is 0 Å². The fraction of sp³-hybridized carbons (Fsp3) is 0.350. The van der Waals surface area contributed by atoms with Crippen molar-refractivity contribution in [1.29, 1.82) is 0 Å². The lowest BCUT2D eigenvalue weighted by Crippen LogP contribution is -2.28. The van der Waals surface area contributed by atoms with Crippen molar-refractivity contribution in [2.75, 3.05) is 26.8 Å². The van der Waals surface area contributed by atoms with Gasteiger partial charge in [-0.2, -0.15) is 0 Å². The van der Waals surface area contributed by atoms with Gasteiger partial charge in [0.1, 0.15) is 11.5 Å². The standard InChI is InChI=1S/C20H25NO3/c1-4-23-19-12-11-17(15-16(19)2)20(22)21(3)13-8-14-24-18-9-6-5-7-10-18/h5-7,9-12,15H,4,8,13-14H2,1-3H3. The Balaban J connectivity index is 1.82. The summed E-state index contributed by atoms with van der Waals surface area (Å²) in [5.74, 6) is 1.70. The van der Waals surface area contributed by atoms with Gasteiger partial charge in [-0.05, 0) is 56.2 Å². The van der Waals surface area contributed by atoms with E-state index in [9.17, 15) is 4.79 Å². The first-order valence-electron chi connectivity index (χ1n) is 8.28. The van der Waals surface area contributed by atoms with Gasteiger partial charge >= 0.3 is 0 Å². The number of aryl methyl sites for hydroxylation is 1. The number of ether oxygens (including phenoxy) is 2. The highest BCUT2D eigenvalue weighted by molar-refractivity contribution is 5.94. The summed E-state index contributed by atoms with van der Waals surface area (Å²) >= 11 is 0. The van der Waals surface area contributed by atoms with E-state index in [0.29, 0.717) is 25.3 Å². The van der Waals surface area contributed by atoms with Crippen LogP contribution in [0.15, 0.2) is 48.5 Å². The molecule has 2 aromatic rings. The van der Waals surface area contributed by atoms with Gasteiger partial charge in [0, 0.05) is 19.2 Å². The Bertz CT molecular complexity index is 655. The Labute approximate surface area is 144 Å². The molecule has 0 radical (unpaired) electrons. The second-order valence-corrected chi connectivity index (χ2v) is 5.66. The Hall–Kier alpha value is -2.49. The first kappa shape index (κ1) is 17.9. The summed E-state index contributed by atoms with van der Waals surface area (Å²) < 4.78 is 11.2. The lowest BCUT2D eigenvalue weighted by molar-refractivity contribution is 0.0787. The minimum absolute atomic E-state index is 0.0147. The highest BCUT2D eigenvalue weighted by Gasteiger charge is 2.13. The third-order valence-corrected chi connectivity index (χ3v) is 3.72. The highest BCUT2D eigenvalue weighted by Crippen LogP contribution is 2.20. The maximum atomic E-state index is 12.5. The second kappa shape index (κ2) is 8.96. The van der Waals surface area contributed by atoms with Crippen LogP contribution in [0.2, 0.25) is 0 Å². The first-order chi connectivity index (χ1) is 11.6. The van der Waals surface area contributed by atoms with Crippen LogP contribution in [-0.4, -0.2) is 37.6 Å². The van der Waals surface area contributed by atoms with Crippen molar-refractivity contribution in [2.45, 2.75) is 20.3 Å². The van der Waals surface area contributed by atoms with Crippen LogP contribution in [0.4, 0.5) is 0 Å². The molecule has 0 atom stereocenters. The Morgan fingerprint density at radius 1 is 1.08 bits per heavy atom. The maximum absolute atomic E-state index is 12.5. The molecule has 0 saturated heterocycles. The van der Waals surface area contributed by atoms with Crippen molar-refractivity contribution in [2.24, 2.45) is 0 Å². The summed E-state index contributed by atoms with van der Waals surface area (Å²) in [6, 6.07) is 15.3. The zero-order chi connectivity index (χ0) is 17.4. The molecule has 0 aliphatic carbocycles. The van der Waals surface area contributed by atoms with E-state index in [-0.39, 0.29) is 5.91 Å². The maximum Gasteiger partial charge on any atom is 0.253 e. The SMILES string of the molecule is CCOc1ccc(C(=O)N(C)CCCOc2ccccc2)cc1C. The summed E-state index contributed by atoms with van der Waals surface area (Å²) in [4.78, 5) is 14.2. The molecule has 128 valence electrons. The molecule has 0 saturated carbocycles. The second-order valence-electron chi connectivity index (χ2n) is 5.66. The minimum Gasteiger partial charge on any atom is -0.494 e. The van der Waals surface area contributed by atoms with E-state index < -0.39 is 0 Å². The average Bonchev–Trinajstić information content (AvgIpc) is 2.60. The number of hydrogen-bond acceptors (Lipinski definition) is 3. The van der Waals surface area contributed by atoms with Crippen LogP contribution in [0.25, 0.3) is 0 Å². The molecule has 1 amide bonds. The van der Waals surface area contributed by atoms with Gasteiger partial charge in [-0.1, -0.05) is 18.2 Å². The Morgan fingerprint density at radius 3 is 2.50 bits per heavy atom. The monoisotopic (exact) mass is 327 g/mol. The van der Waals surface area contributed by atoms with Crippen molar-refractivity contribution in [3.63, 3.8) is 0 Å². The number of benzene rings is 2. The third-order valence-electron chi connectivity index (χ3n) is 3.72. The number of para-hydroxylation sites is 1. The molecule has 0 N–H and O–H groups in total. The predicted molar refractivity (Wildman–Crippen MR) is 95.9 cm³/mol. The van der Waals surface area contributed by atoms with Crippen molar-refractivity contribution >= 4 is 5.91 Å². The fourth-order valence-electron chi connectivity index (χ4n) is 2.43. The van der Waals surface area contributed by atoms with Crippen LogP contribution in [-0.2, 0) is 0 Å². The van der Waals surface area contributed by atoms with Crippen LogP contribution in [0, 0.1) is 6.92 Å². The molecule has 24 heavy (non-hydrogen) atoms. The quantitative estimate of drug-likeness (QED) is 0.690. The molecule has 0 fully saturated rings. The number of rotatable bonds is 8. The normalized spacial score (nSPS) is 10.3. The molecule has 4 nitrogen and oxygen atoms in total. The van der Waals surface area contributed by atoms with Crippen LogP contribution in [0.5, 0.6) is 11.5 Å². The van der Waals surface area contributed by atoms with Crippen LogP contribution in [0.1, 0.15) is 29.3 Å². The number of nitrogens with zero attached hydrogens (tertiary/aromatic N) is 1. The Kier molecular flexibility index (Phi) is 6.67. The molecule has 0 aromatic heterocycles. The van der Waals surface area contributed by atoms with Gasteiger partial charge in [0.25, 0.3) is 5.91 Å². The predicted octanol–water partition coefficient (Wildman–Crippen LogP) is 3.93. The molecular weight excluding hydrogens is 302 g/mol. The lowest BCUT2D eigenvalue weighted by Gasteiger charge is -2.18. The van der Waals surface area contributed by atoms with Crippen molar-refractivity contribution in [3.05, 3.63) is 59.7 Å². The fourth-order valence-corrected chi connectivity index (χ4v) is 2.43. The van der Waals surface area contributed by atoms with E-state index >= 15 is 0 Å². The molecule has 0 aliphatic heterocycles. The van der Waals surface area contributed by atoms with Gasteiger partial charge in [0.2, 0.25) is 0 Å². The number of amides is 1. The van der Waals surface area contributed by atoms with Crippen molar-refractivity contribution in [3.8, 4) is 11.5 Å². The van der Waals surface area contributed by atoms with E-state index in [1.54, 1.807) is 4.90 Å². The molecule has 0 unspecified atom stereocenters. The highest BCUT2D eigenvalue weighted by atomic mass is 16.5. The molecule has 0 heterocycles. The molecule has 0 aliphatic rings. The van der Waals surface area contributed by atoms with Crippen molar-refractivity contribution < 1.29 is 14.3 Å². The average molecular weight is 327 g/mol. The summed E-state index contributed by atoms with van der Waals surface area (Å²) in [6.45, 7) is 5.76. The summed E-state index contributed by atoms with van der Waals surface area (Å²) in [5.41, 5.74) is 1.66. The minimum atomic E-state index is 0.0147. The van der Waals surface area contributed by atoms with Gasteiger partial charge < -0.3 is 14.4 Å². The van der Waals surface area contributed by atoms with Crippen LogP contribution >= 0.6 is 0 Å². The van der Waals surface area contributed by atoms with Gasteiger partial charge in [0.15, 0.2) is 0 Å². The van der Waals surface area contributed by atoms with Gasteiger partial charge in [0.05, 0.1) is 13.2 Å². The van der Waals surface area contributed by atoms with Crippen LogP contribution in [0.3, 0.4) is 0 Å². The number of carbonyl (C=O) groups is 1. The molecule has 0 bridgehead atoms. The molecule has 2 rings (SSSR count). The molecule has 4 heteroatoms. The van der Waals surface area contributed by atoms with E-state index in [0.717, 1.165) is 23.5 Å². The summed E-state index contributed by atoms with van der Waals surface area (Å²) in [5, 5.41) is 0. The van der Waals surface area contributed by atoms with E-state index in [1.807, 2.05) is 69.4 Å². The third kappa shape index (κ3) is 5.01. The number of hydrogen-bond donors (Lipinski definition) is 0. The summed E-state index contributed by atoms with van der Waals surface area (Å²) in [6.07, 6.45) is 0.785. The topological polar surface area (TPSA) is 38.8 Å². The zero-order valence-electron chi connectivity index (χ0n) is 14.6. The zero-order valence-corrected chi connectivity index (χ0v) is 14.6. The molecule has 0 spiro atoms. The van der Waals surface area contributed by atoms with E-state index in [1.165, 1.54) is 0 Å². The summed E-state index contributed by atoms with van der Waals surface area (Å²) in [7, 11) is 1.82. The first-order valence-corrected chi connectivity index (χ1v) is 8.28. The van der Waals surface area contributed by atoms with Gasteiger partial charge in [-0.15, -0.1) is 0 Å².